The number of rotatable bonds is 6. The monoisotopic (exact) mass is 268 g/mol. The minimum Gasteiger partial charge on any atom is -0.348 e. The molecule has 1 aromatic carbocycles. The molecule has 18 heavy (non-hydrogen) atoms. The highest BCUT2D eigenvalue weighted by molar-refractivity contribution is 6.30. The van der Waals surface area contributed by atoms with Crippen LogP contribution in [0, 0.1) is 0 Å². The number of nitrogens with two attached hydrogens (primary N) is 1. The minimum absolute atomic E-state index is 0.00215. The Bertz CT molecular complexity index is 378. The number of hydrogen-bond donors (Lipinski definition) is 2. The quantitative estimate of drug-likeness (QED) is 0.833. The molecule has 3 nitrogen and oxygen atoms in total. The van der Waals surface area contributed by atoms with E-state index in [4.69, 9.17) is 17.3 Å². The normalized spacial score (nSPS) is 14.0. The first-order valence-electron chi connectivity index (χ1n) is 6.39. The largest absolute Gasteiger partial charge is 0.348 e. The summed E-state index contributed by atoms with van der Waals surface area (Å²) in [5.74, 6) is -0.0846. The van der Waals surface area contributed by atoms with E-state index in [1.54, 1.807) is 0 Å². The first kappa shape index (κ1) is 15.0. The number of benzene rings is 1. The molecule has 0 bridgehead atoms. The summed E-state index contributed by atoms with van der Waals surface area (Å²) in [6.45, 7) is 4.05. The van der Waals surface area contributed by atoms with Crippen molar-refractivity contribution in [1.82, 2.24) is 5.32 Å². The standard InChI is InChI=1S/C14H21ClN2O/c1-3-5-12(16)14(18)17-13(4-2)10-6-8-11(15)9-7-10/h6-9,12-13H,3-5,16H2,1-2H3,(H,17,18)/t12-,13?/m1/s1. The van der Waals surface area contributed by atoms with Crippen molar-refractivity contribution in [3.63, 3.8) is 0 Å². The van der Waals surface area contributed by atoms with Crippen LogP contribution in [0.25, 0.3) is 0 Å². The lowest BCUT2D eigenvalue weighted by molar-refractivity contribution is -0.123. The van der Waals surface area contributed by atoms with Gasteiger partial charge in [0, 0.05) is 5.02 Å². The number of carbonyl (C=O) groups excluding carboxylic acids is 1. The third-order valence-corrected chi connectivity index (χ3v) is 3.19. The predicted molar refractivity (Wildman–Crippen MR) is 75.5 cm³/mol. The zero-order valence-electron chi connectivity index (χ0n) is 10.9. The molecule has 0 radical (unpaired) electrons. The van der Waals surface area contributed by atoms with Crippen molar-refractivity contribution in [2.75, 3.05) is 0 Å². The van der Waals surface area contributed by atoms with Gasteiger partial charge in [-0.3, -0.25) is 4.79 Å². The van der Waals surface area contributed by atoms with Crippen LogP contribution in [0.2, 0.25) is 5.02 Å². The molecular formula is C14H21ClN2O. The molecule has 4 heteroatoms. The molecule has 1 amide bonds. The van der Waals surface area contributed by atoms with Gasteiger partial charge in [-0.25, -0.2) is 0 Å². The van der Waals surface area contributed by atoms with Gasteiger partial charge in [-0.15, -0.1) is 0 Å². The molecule has 0 aliphatic heterocycles. The fourth-order valence-corrected chi connectivity index (χ4v) is 1.96. The lowest BCUT2D eigenvalue weighted by atomic mass is 10.0. The Hall–Kier alpha value is -1.06. The second-order valence-corrected chi connectivity index (χ2v) is 4.85. The Morgan fingerprint density at radius 3 is 2.44 bits per heavy atom. The number of amides is 1. The van der Waals surface area contributed by atoms with E-state index in [2.05, 4.69) is 5.32 Å². The molecule has 3 N–H and O–H groups in total. The Morgan fingerprint density at radius 2 is 1.94 bits per heavy atom. The van der Waals surface area contributed by atoms with Gasteiger partial charge in [0.1, 0.15) is 0 Å². The fourth-order valence-electron chi connectivity index (χ4n) is 1.84. The Kier molecular flexibility index (Phi) is 6.16. The summed E-state index contributed by atoms with van der Waals surface area (Å²) in [6.07, 6.45) is 2.45. The van der Waals surface area contributed by atoms with Crippen LogP contribution in [0.1, 0.15) is 44.7 Å². The summed E-state index contributed by atoms with van der Waals surface area (Å²) >= 11 is 5.85. The topological polar surface area (TPSA) is 55.1 Å². The molecule has 0 saturated heterocycles. The number of hydrogen-bond acceptors (Lipinski definition) is 2. The maximum Gasteiger partial charge on any atom is 0.237 e. The van der Waals surface area contributed by atoms with E-state index < -0.39 is 6.04 Å². The summed E-state index contributed by atoms with van der Waals surface area (Å²) in [6, 6.07) is 7.11. The van der Waals surface area contributed by atoms with Crippen LogP contribution in [0.5, 0.6) is 0 Å². The summed E-state index contributed by atoms with van der Waals surface area (Å²) < 4.78 is 0. The summed E-state index contributed by atoms with van der Waals surface area (Å²) in [7, 11) is 0. The number of nitrogens with one attached hydrogen (secondary N) is 1. The maximum absolute atomic E-state index is 11.9. The van der Waals surface area contributed by atoms with E-state index in [0.717, 1.165) is 18.4 Å². The van der Waals surface area contributed by atoms with Crippen molar-refractivity contribution in [2.45, 2.75) is 45.2 Å². The molecule has 0 aliphatic carbocycles. The third-order valence-electron chi connectivity index (χ3n) is 2.93. The van der Waals surface area contributed by atoms with Crippen molar-refractivity contribution < 1.29 is 4.79 Å². The van der Waals surface area contributed by atoms with Gasteiger partial charge in [-0.2, -0.15) is 0 Å². The Morgan fingerprint density at radius 1 is 1.33 bits per heavy atom. The summed E-state index contributed by atoms with van der Waals surface area (Å²) in [5.41, 5.74) is 6.85. The van der Waals surface area contributed by atoms with E-state index in [-0.39, 0.29) is 11.9 Å². The van der Waals surface area contributed by atoms with Crippen LogP contribution >= 0.6 is 11.6 Å². The highest BCUT2D eigenvalue weighted by Gasteiger charge is 2.17. The lowest BCUT2D eigenvalue weighted by Crippen LogP contribution is -2.42. The molecule has 0 aromatic heterocycles. The van der Waals surface area contributed by atoms with Gasteiger partial charge >= 0.3 is 0 Å². The smallest absolute Gasteiger partial charge is 0.237 e. The van der Waals surface area contributed by atoms with Crippen LogP contribution in [-0.2, 0) is 4.79 Å². The molecule has 1 aromatic rings. The maximum atomic E-state index is 11.9. The van der Waals surface area contributed by atoms with Gasteiger partial charge in [-0.05, 0) is 30.5 Å². The third kappa shape index (κ3) is 4.31. The molecule has 0 spiro atoms. The first-order valence-corrected chi connectivity index (χ1v) is 6.77. The van der Waals surface area contributed by atoms with E-state index in [0.29, 0.717) is 11.4 Å². The van der Waals surface area contributed by atoms with E-state index in [1.165, 1.54) is 0 Å². The molecular weight excluding hydrogens is 248 g/mol. The van der Waals surface area contributed by atoms with Crippen LogP contribution in [0.15, 0.2) is 24.3 Å². The predicted octanol–water partition coefficient (Wildman–Crippen LogP) is 3.03. The van der Waals surface area contributed by atoms with Gasteiger partial charge < -0.3 is 11.1 Å². The first-order chi connectivity index (χ1) is 8.58. The van der Waals surface area contributed by atoms with Crippen molar-refractivity contribution in [3.05, 3.63) is 34.9 Å². The highest BCUT2D eigenvalue weighted by Crippen LogP contribution is 2.19. The van der Waals surface area contributed by atoms with E-state index >= 15 is 0 Å². The van der Waals surface area contributed by atoms with Gasteiger partial charge in [0.25, 0.3) is 0 Å². The molecule has 1 unspecified atom stereocenters. The van der Waals surface area contributed by atoms with Crippen LogP contribution in [0.3, 0.4) is 0 Å². The molecule has 2 atom stereocenters. The molecule has 0 heterocycles. The Balaban J connectivity index is 2.67. The number of halogens is 1. The van der Waals surface area contributed by atoms with Crippen LogP contribution in [-0.4, -0.2) is 11.9 Å². The minimum atomic E-state index is -0.420. The average Bonchev–Trinajstić information content (AvgIpc) is 2.37. The van der Waals surface area contributed by atoms with Crippen molar-refractivity contribution in [2.24, 2.45) is 5.73 Å². The lowest BCUT2D eigenvalue weighted by Gasteiger charge is -2.20. The van der Waals surface area contributed by atoms with Crippen LogP contribution < -0.4 is 11.1 Å². The van der Waals surface area contributed by atoms with Crippen LogP contribution in [0.4, 0.5) is 0 Å². The van der Waals surface area contributed by atoms with Gasteiger partial charge in [-0.1, -0.05) is 44.0 Å². The Labute approximate surface area is 114 Å². The molecule has 0 saturated carbocycles. The molecule has 100 valence electrons. The second-order valence-electron chi connectivity index (χ2n) is 4.42. The van der Waals surface area contributed by atoms with Gasteiger partial charge in [0.15, 0.2) is 0 Å². The summed E-state index contributed by atoms with van der Waals surface area (Å²) in [5, 5.41) is 3.68. The highest BCUT2D eigenvalue weighted by atomic mass is 35.5. The summed E-state index contributed by atoms with van der Waals surface area (Å²) in [4.78, 5) is 11.9. The molecule has 0 aliphatic rings. The number of carbonyl (C=O) groups is 1. The van der Waals surface area contributed by atoms with Crippen molar-refractivity contribution in [3.8, 4) is 0 Å². The second kappa shape index (κ2) is 7.39. The average molecular weight is 269 g/mol. The molecule has 1 rings (SSSR count). The zero-order chi connectivity index (χ0) is 13.5. The van der Waals surface area contributed by atoms with Crippen molar-refractivity contribution in [1.29, 1.82) is 0 Å². The van der Waals surface area contributed by atoms with Gasteiger partial charge in [0.2, 0.25) is 5.91 Å². The van der Waals surface area contributed by atoms with Crippen molar-refractivity contribution >= 4 is 17.5 Å². The van der Waals surface area contributed by atoms with E-state index in [9.17, 15) is 4.79 Å². The zero-order valence-corrected chi connectivity index (χ0v) is 11.7. The van der Waals surface area contributed by atoms with Gasteiger partial charge in [0.05, 0.1) is 12.1 Å². The fraction of sp³-hybridized carbons (Fsp3) is 0.500. The molecule has 0 fully saturated rings. The van der Waals surface area contributed by atoms with E-state index in [1.807, 2.05) is 38.1 Å². The SMILES string of the molecule is CCC[C@@H](N)C(=O)NC(CC)c1ccc(Cl)cc1.